The lowest BCUT2D eigenvalue weighted by Crippen LogP contribution is -2.16. The minimum atomic E-state index is -0.107. The molecule has 0 atom stereocenters. The smallest absolute Gasteiger partial charge is 0.143 e. The van der Waals surface area contributed by atoms with E-state index in [1.54, 1.807) is 0 Å². The third kappa shape index (κ3) is 4.62. The molecule has 0 saturated heterocycles. The average molecular weight is 720 g/mol. The number of fused-ring (bicyclic) bond motifs is 9. The number of anilines is 3. The molecule has 8 aromatic carbocycles. The Labute approximate surface area is 328 Å². The van der Waals surface area contributed by atoms with Crippen LogP contribution in [0.25, 0.3) is 66.4 Å². The molecule has 9 aromatic rings. The van der Waals surface area contributed by atoms with Gasteiger partial charge in [0.15, 0.2) is 0 Å². The van der Waals surface area contributed by atoms with Gasteiger partial charge in [0.2, 0.25) is 0 Å². The molecule has 0 spiro atoms. The van der Waals surface area contributed by atoms with E-state index < -0.39 is 0 Å². The third-order valence-electron chi connectivity index (χ3n) is 12.7. The second kappa shape index (κ2) is 11.9. The zero-order valence-corrected chi connectivity index (χ0v) is 32.1. The summed E-state index contributed by atoms with van der Waals surface area (Å²) in [6.45, 7) is 9.41. The summed E-state index contributed by atoms with van der Waals surface area (Å²) in [4.78, 5) is 2.44. The van der Waals surface area contributed by atoms with E-state index in [2.05, 4.69) is 196 Å². The molecule has 0 aliphatic heterocycles. The predicted molar refractivity (Wildman–Crippen MR) is 234 cm³/mol. The first-order valence-electron chi connectivity index (χ1n) is 19.7. The Morgan fingerprint density at radius 1 is 0.375 bits per heavy atom. The van der Waals surface area contributed by atoms with Gasteiger partial charge in [-0.25, -0.2) is 0 Å². The summed E-state index contributed by atoms with van der Waals surface area (Å²) >= 11 is 0. The molecule has 0 fully saturated rings. The molecule has 2 aliphatic carbocycles. The van der Waals surface area contributed by atoms with Crippen LogP contribution in [0.15, 0.2) is 180 Å². The van der Waals surface area contributed by atoms with Gasteiger partial charge in [-0.05, 0) is 92.0 Å². The lowest BCUT2D eigenvalue weighted by Gasteiger charge is -2.29. The molecule has 11 rings (SSSR count). The van der Waals surface area contributed by atoms with Crippen molar-refractivity contribution >= 4 is 39.0 Å². The van der Waals surface area contributed by atoms with Crippen LogP contribution in [0.3, 0.4) is 0 Å². The Morgan fingerprint density at radius 2 is 0.839 bits per heavy atom. The molecule has 1 heterocycles. The second-order valence-electron chi connectivity index (χ2n) is 16.5. The Kier molecular flexibility index (Phi) is 6.98. The highest BCUT2D eigenvalue weighted by Crippen LogP contribution is 2.55. The lowest BCUT2D eigenvalue weighted by atomic mass is 9.82. The van der Waals surface area contributed by atoms with Crippen molar-refractivity contribution in [1.29, 1.82) is 0 Å². The topological polar surface area (TPSA) is 16.4 Å². The zero-order chi connectivity index (χ0) is 37.8. The van der Waals surface area contributed by atoms with Crippen LogP contribution >= 0.6 is 0 Å². The van der Waals surface area contributed by atoms with Gasteiger partial charge in [-0.2, -0.15) is 0 Å². The van der Waals surface area contributed by atoms with Crippen LogP contribution in [0, 0.1) is 0 Å². The maximum Gasteiger partial charge on any atom is 0.143 e. The quantitative estimate of drug-likeness (QED) is 0.176. The van der Waals surface area contributed by atoms with Crippen molar-refractivity contribution in [3.63, 3.8) is 0 Å². The maximum absolute atomic E-state index is 6.45. The highest BCUT2D eigenvalue weighted by Gasteiger charge is 2.38. The van der Waals surface area contributed by atoms with E-state index in [1.807, 2.05) is 12.1 Å². The van der Waals surface area contributed by atoms with Gasteiger partial charge < -0.3 is 9.32 Å². The standard InChI is InChI=1S/C54H41NO/c1-53(2)44-20-8-5-15-42(44)50-38(17-12-22-46(50)53)34-26-30-36(31-27-34)55(48-24-13-23-47-51(48)43-16-6-9-21-45(43)54(47,3)4)37-32-28-35(29-33-37)39-18-11-19-41-40-14-7-10-25-49(40)56-52(39)41/h5-33H,1-4H3. The van der Waals surface area contributed by atoms with E-state index in [0.717, 1.165) is 44.4 Å². The number of furan rings is 1. The number of hydrogen-bond donors (Lipinski definition) is 0. The van der Waals surface area contributed by atoms with Crippen LogP contribution in [0.5, 0.6) is 0 Å². The van der Waals surface area contributed by atoms with Crippen molar-refractivity contribution in [3.05, 3.63) is 198 Å². The highest BCUT2D eigenvalue weighted by atomic mass is 16.3. The summed E-state index contributed by atoms with van der Waals surface area (Å²) in [6, 6.07) is 64.5. The van der Waals surface area contributed by atoms with Gasteiger partial charge in [-0.1, -0.05) is 167 Å². The normalized spacial score (nSPS) is 14.4. The van der Waals surface area contributed by atoms with Gasteiger partial charge in [0.05, 0.1) is 5.69 Å². The van der Waals surface area contributed by atoms with Crippen LogP contribution in [-0.2, 0) is 10.8 Å². The minimum Gasteiger partial charge on any atom is -0.455 e. The number of nitrogens with zero attached hydrogens (tertiary/aromatic N) is 1. The molecule has 268 valence electrons. The number of para-hydroxylation sites is 2. The molecule has 0 bridgehead atoms. The van der Waals surface area contributed by atoms with Crippen molar-refractivity contribution in [2.24, 2.45) is 0 Å². The monoisotopic (exact) mass is 719 g/mol. The second-order valence-corrected chi connectivity index (χ2v) is 16.5. The largest absolute Gasteiger partial charge is 0.455 e. The Morgan fingerprint density at radius 3 is 1.52 bits per heavy atom. The molecular formula is C54H41NO. The van der Waals surface area contributed by atoms with E-state index in [-0.39, 0.29) is 10.8 Å². The van der Waals surface area contributed by atoms with Crippen molar-refractivity contribution in [2.75, 3.05) is 4.90 Å². The van der Waals surface area contributed by atoms with Crippen molar-refractivity contribution in [3.8, 4) is 44.5 Å². The maximum atomic E-state index is 6.45. The van der Waals surface area contributed by atoms with E-state index in [9.17, 15) is 0 Å². The highest BCUT2D eigenvalue weighted by molar-refractivity contribution is 6.09. The van der Waals surface area contributed by atoms with Gasteiger partial charge in [0.25, 0.3) is 0 Å². The SMILES string of the molecule is CC1(C)c2ccccc2-c2c(-c3ccc(N(c4ccc(-c5cccc6c5oc5ccccc56)cc4)c4cccc5c4-c4ccccc4C5(C)C)cc3)cccc21. The summed E-state index contributed by atoms with van der Waals surface area (Å²) in [5, 5.41) is 2.28. The van der Waals surface area contributed by atoms with Gasteiger partial charge in [-0.3, -0.25) is 0 Å². The van der Waals surface area contributed by atoms with E-state index in [1.165, 1.54) is 61.3 Å². The number of hydrogen-bond acceptors (Lipinski definition) is 2. The minimum absolute atomic E-state index is 0.0431. The molecule has 0 unspecified atom stereocenters. The van der Waals surface area contributed by atoms with Crippen LogP contribution in [-0.4, -0.2) is 0 Å². The molecule has 0 saturated carbocycles. The third-order valence-corrected chi connectivity index (χ3v) is 12.7. The Balaban J connectivity index is 1.07. The van der Waals surface area contributed by atoms with Crippen LogP contribution in [0.2, 0.25) is 0 Å². The molecule has 0 amide bonds. The summed E-state index contributed by atoms with van der Waals surface area (Å²) < 4.78 is 6.45. The summed E-state index contributed by atoms with van der Waals surface area (Å²) in [5.74, 6) is 0. The average Bonchev–Trinajstić information content (AvgIpc) is 3.82. The summed E-state index contributed by atoms with van der Waals surface area (Å²) in [5.41, 5.74) is 20.6. The first kappa shape index (κ1) is 32.8. The van der Waals surface area contributed by atoms with Crippen LogP contribution in [0.1, 0.15) is 49.9 Å². The fourth-order valence-corrected chi connectivity index (χ4v) is 9.90. The Hall–Kier alpha value is -6.64. The Bertz CT molecular complexity index is 3010. The van der Waals surface area contributed by atoms with Gasteiger partial charge in [0, 0.05) is 44.1 Å². The lowest BCUT2D eigenvalue weighted by molar-refractivity contribution is 0.660. The van der Waals surface area contributed by atoms with E-state index in [0.29, 0.717) is 0 Å². The number of benzene rings is 8. The van der Waals surface area contributed by atoms with Crippen LogP contribution < -0.4 is 4.90 Å². The fraction of sp³-hybridized carbons (Fsp3) is 0.111. The molecule has 56 heavy (non-hydrogen) atoms. The predicted octanol–water partition coefficient (Wildman–Crippen LogP) is 15.0. The first-order valence-corrected chi connectivity index (χ1v) is 19.7. The van der Waals surface area contributed by atoms with E-state index in [4.69, 9.17) is 4.42 Å². The molecule has 0 radical (unpaired) electrons. The van der Waals surface area contributed by atoms with Gasteiger partial charge in [0.1, 0.15) is 11.2 Å². The van der Waals surface area contributed by atoms with Crippen LogP contribution in [0.4, 0.5) is 17.1 Å². The zero-order valence-electron chi connectivity index (χ0n) is 32.1. The van der Waals surface area contributed by atoms with Crippen molar-refractivity contribution in [2.45, 2.75) is 38.5 Å². The van der Waals surface area contributed by atoms with E-state index >= 15 is 0 Å². The molecule has 2 aliphatic rings. The van der Waals surface area contributed by atoms with Gasteiger partial charge >= 0.3 is 0 Å². The van der Waals surface area contributed by atoms with Gasteiger partial charge in [-0.15, -0.1) is 0 Å². The molecule has 1 aromatic heterocycles. The summed E-state index contributed by atoms with van der Waals surface area (Å²) in [6.07, 6.45) is 0. The molecule has 2 heteroatoms. The first-order chi connectivity index (χ1) is 27.3. The summed E-state index contributed by atoms with van der Waals surface area (Å²) in [7, 11) is 0. The molecule has 0 N–H and O–H groups in total. The molecule has 2 nitrogen and oxygen atoms in total. The number of rotatable bonds is 5. The van der Waals surface area contributed by atoms with Crippen molar-refractivity contribution in [1.82, 2.24) is 0 Å². The fourth-order valence-electron chi connectivity index (χ4n) is 9.90. The van der Waals surface area contributed by atoms with Crippen molar-refractivity contribution < 1.29 is 4.42 Å². The molecular weight excluding hydrogens is 679 g/mol.